The first-order chi connectivity index (χ1) is 9.20. The molecule has 0 radical (unpaired) electrons. The van der Waals surface area contributed by atoms with Gasteiger partial charge >= 0.3 is 0 Å². The molecule has 1 aliphatic rings. The summed E-state index contributed by atoms with van der Waals surface area (Å²) < 4.78 is 13.5. The summed E-state index contributed by atoms with van der Waals surface area (Å²) >= 11 is 0. The van der Waals surface area contributed by atoms with Gasteiger partial charge in [-0.2, -0.15) is 0 Å². The lowest BCUT2D eigenvalue weighted by molar-refractivity contribution is -0.119. The van der Waals surface area contributed by atoms with E-state index in [2.05, 4.69) is 11.8 Å². The lowest BCUT2D eigenvalue weighted by Gasteiger charge is -2.20. The average molecular weight is 263 g/mol. The van der Waals surface area contributed by atoms with Crippen molar-refractivity contribution in [3.63, 3.8) is 0 Å². The molecule has 0 saturated heterocycles. The molecule has 2 nitrogen and oxygen atoms in total. The van der Waals surface area contributed by atoms with Gasteiger partial charge in [-0.1, -0.05) is 31.5 Å². The van der Waals surface area contributed by atoms with Crippen molar-refractivity contribution in [3.05, 3.63) is 35.6 Å². The number of rotatable bonds is 8. The summed E-state index contributed by atoms with van der Waals surface area (Å²) in [5.41, 5.74) is 0.513. The predicted octanol–water partition coefficient (Wildman–Crippen LogP) is 3.20. The number of hydrogen-bond acceptors (Lipinski definition) is 2. The van der Waals surface area contributed by atoms with Crippen molar-refractivity contribution in [2.45, 2.75) is 45.1 Å². The highest BCUT2D eigenvalue weighted by Gasteiger charge is 2.29. The van der Waals surface area contributed by atoms with E-state index in [4.69, 9.17) is 0 Å². The van der Waals surface area contributed by atoms with Gasteiger partial charge in [0.25, 0.3) is 0 Å². The summed E-state index contributed by atoms with van der Waals surface area (Å²) in [6, 6.07) is 7.14. The molecule has 1 saturated carbocycles. The van der Waals surface area contributed by atoms with E-state index in [9.17, 15) is 9.18 Å². The first kappa shape index (κ1) is 14.2. The molecule has 19 heavy (non-hydrogen) atoms. The molecule has 0 unspecified atom stereocenters. The third kappa shape index (κ3) is 4.43. The molecule has 2 rings (SSSR count). The number of carbonyl (C=O) groups is 1. The second kappa shape index (κ2) is 6.80. The van der Waals surface area contributed by atoms with Crippen molar-refractivity contribution in [1.82, 2.24) is 4.90 Å². The summed E-state index contributed by atoms with van der Waals surface area (Å²) in [5.74, 6) is -0.157. The van der Waals surface area contributed by atoms with E-state index in [-0.39, 0.29) is 18.0 Å². The standard InChI is InChI=1S/C16H22FNO/c1-2-3-10-18(14-8-9-14)12-15(19)11-13-6-4-5-7-16(13)17/h4-7,14H,2-3,8-12H2,1H3. The van der Waals surface area contributed by atoms with E-state index in [1.165, 1.54) is 18.9 Å². The van der Waals surface area contributed by atoms with Gasteiger partial charge in [0.05, 0.1) is 6.54 Å². The molecule has 1 aromatic rings. The van der Waals surface area contributed by atoms with Crippen molar-refractivity contribution >= 4 is 5.78 Å². The maximum atomic E-state index is 13.5. The van der Waals surface area contributed by atoms with Crippen LogP contribution >= 0.6 is 0 Å². The van der Waals surface area contributed by atoms with Gasteiger partial charge in [0.1, 0.15) is 5.82 Å². The Hall–Kier alpha value is -1.22. The van der Waals surface area contributed by atoms with Crippen LogP contribution < -0.4 is 0 Å². The van der Waals surface area contributed by atoms with Crippen molar-refractivity contribution < 1.29 is 9.18 Å². The molecule has 1 aromatic carbocycles. The largest absolute Gasteiger partial charge is 0.298 e. The van der Waals surface area contributed by atoms with E-state index < -0.39 is 0 Å². The molecule has 0 spiro atoms. The van der Waals surface area contributed by atoms with Crippen LogP contribution in [0, 0.1) is 5.82 Å². The van der Waals surface area contributed by atoms with Gasteiger partial charge in [0.2, 0.25) is 0 Å². The van der Waals surface area contributed by atoms with E-state index in [1.54, 1.807) is 18.2 Å². The molecule has 0 bridgehead atoms. The Labute approximate surface area is 114 Å². The molecular weight excluding hydrogens is 241 g/mol. The van der Waals surface area contributed by atoms with E-state index >= 15 is 0 Å². The normalized spacial score (nSPS) is 14.9. The first-order valence-electron chi connectivity index (χ1n) is 7.20. The predicted molar refractivity (Wildman–Crippen MR) is 74.6 cm³/mol. The summed E-state index contributed by atoms with van der Waals surface area (Å²) in [6.45, 7) is 3.62. The number of carbonyl (C=O) groups excluding carboxylic acids is 1. The average Bonchev–Trinajstić information content (AvgIpc) is 3.21. The third-order valence-electron chi connectivity index (χ3n) is 3.59. The van der Waals surface area contributed by atoms with Crippen LogP contribution in [0.5, 0.6) is 0 Å². The van der Waals surface area contributed by atoms with E-state index in [0.29, 0.717) is 18.2 Å². The summed E-state index contributed by atoms with van der Waals surface area (Å²) in [4.78, 5) is 14.3. The highest BCUT2D eigenvalue weighted by molar-refractivity contribution is 5.82. The second-order valence-electron chi connectivity index (χ2n) is 5.36. The lowest BCUT2D eigenvalue weighted by atomic mass is 10.1. The summed E-state index contributed by atoms with van der Waals surface area (Å²) in [5, 5.41) is 0. The summed E-state index contributed by atoms with van der Waals surface area (Å²) in [7, 11) is 0. The highest BCUT2D eigenvalue weighted by Crippen LogP contribution is 2.27. The maximum Gasteiger partial charge on any atom is 0.151 e. The minimum atomic E-state index is -0.276. The topological polar surface area (TPSA) is 20.3 Å². The van der Waals surface area contributed by atoms with Gasteiger partial charge in [-0.05, 0) is 37.4 Å². The Bertz CT molecular complexity index is 429. The number of ketones is 1. The smallest absolute Gasteiger partial charge is 0.151 e. The van der Waals surface area contributed by atoms with E-state index in [1.807, 2.05) is 0 Å². The zero-order valence-electron chi connectivity index (χ0n) is 11.6. The lowest BCUT2D eigenvalue weighted by Crippen LogP contribution is -2.33. The Balaban J connectivity index is 1.87. The molecule has 0 aliphatic heterocycles. The van der Waals surface area contributed by atoms with Crippen LogP contribution in [0.1, 0.15) is 38.2 Å². The molecule has 0 heterocycles. The van der Waals surface area contributed by atoms with Crippen LogP contribution in [-0.4, -0.2) is 29.8 Å². The van der Waals surface area contributed by atoms with Crippen LogP contribution in [0.15, 0.2) is 24.3 Å². The molecule has 0 atom stereocenters. The fourth-order valence-electron chi connectivity index (χ4n) is 2.33. The quantitative estimate of drug-likeness (QED) is 0.718. The number of hydrogen-bond donors (Lipinski definition) is 0. The Morgan fingerprint density at radius 3 is 2.74 bits per heavy atom. The molecule has 0 N–H and O–H groups in total. The van der Waals surface area contributed by atoms with Crippen LogP contribution in [-0.2, 0) is 11.2 Å². The summed E-state index contributed by atoms with van der Waals surface area (Å²) in [6.07, 6.45) is 4.89. The van der Waals surface area contributed by atoms with Crippen molar-refractivity contribution in [2.75, 3.05) is 13.1 Å². The fourth-order valence-corrected chi connectivity index (χ4v) is 2.33. The van der Waals surface area contributed by atoms with Crippen LogP contribution in [0.4, 0.5) is 4.39 Å². The van der Waals surface area contributed by atoms with Crippen molar-refractivity contribution in [3.8, 4) is 0 Å². The number of nitrogens with zero attached hydrogens (tertiary/aromatic N) is 1. The fraction of sp³-hybridized carbons (Fsp3) is 0.562. The van der Waals surface area contributed by atoms with Crippen LogP contribution in [0.3, 0.4) is 0 Å². The molecule has 0 amide bonds. The Morgan fingerprint density at radius 2 is 2.11 bits per heavy atom. The SMILES string of the molecule is CCCCN(CC(=O)Cc1ccccc1F)C1CC1. The molecule has 0 aromatic heterocycles. The van der Waals surface area contributed by atoms with Gasteiger partial charge in [-0.15, -0.1) is 0 Å². The zero-order valence-corrected chi connectivity index (χ0v) is 11.6. The number of Topliss-reactive ketones (excluding diaryl/α,β-unsaturated/α-hetero) is 1. The van der Waals surface area contributed by atoms with Gasteiger partial charge in [-0.3, -0.25) is 9.69 Å². The molecule has 3 heteroatoms. The van der Waals surface area contributed by atoms with Gasteiger partial charge in [0.15, 0.2) is 5.78 Å². The number of unbranched alkanes of at least 4 members (excludes halogenated alkanes) is 1. The van der Waals surface area contributed by atoms with Gasteiger partial charge in [-0.25, -0.2) is 4.39 Å². The Morgan fingerprint density at radius 1 is 1.37 bits per heavy atom. The van der Waals surface area contributed by atoms with Crippen molar-refractivity contribution in [1.29, 1.82) is 0 Å². The minimum absolute atomic E-state index is 0.119. The second-order valence-corrected chi connectivity index (χ2v) is 5.36. The maximum absolute atomic E-state index is 13.5. The van der Waals surface area contributed by atoms with E-state index in [0.717, 1.165) is 19.4 Å². The molecular formula is C16H22FNO. The molecule has 1 aliphatic carbocycles. The van der Waals surface area contributed by atoms with Gasteiger partial charge in [0, 0.05) is 12.5 Å². The van der Waals surface area contributed by atoms with Crippen molar-refractivity contribution in [2.24, 2.45) is 0 Å². The third-order valence-corrected chi connectivity index (χ3v) is 3.59. The highest BCUT2D eigenvalue weighted by atomic mass is 19.1. The Kier molecular flexibility index (Phi) is 5.08. The van der Waals surface area contributed by atoms with Crippen LogP contribution in [0.2, 0.25) is 0 Å². The number of benzene rings is 1. The molecule has 104 valence electrons. The molecule has 1 fully saturated rings. The minimum Gasteiger partial charge on any atom is -0.298 e. The zero-order chi connectivity index (χ0) is 13.7. The monoisotopic (exact) mass is 263 g/mol. The number of halogens is 1. The van der Waals surface area contributed by atoms with Gasteiger partial charge < -0.3 is 0 Å². The van der Waals surface area contributed by atoms with Crippen LogP contribution in [0.25, 0.3) is 0 Å². The first-order valence-corrected chi connectivity index (χ1v) is 7.20.